The summed E-state index contributed by atoms with van der Waals surface area (Å²) in [6, 6.07) is 5.12. The number of nitrogens with zero attached hydrogens (tertiary/aromatic N) is 1. The van der Waals surface area contributed by atoms with Crippen LogP contribution in [0.15, 0.2) is 22.7 Å². The van der Waals surface area contributed by atoms with Crippen LogP contribution in [-0.4, -0.2) is 36.1 Å². The summed E-state index contributed by atoms with van der Waals surface area (Å²) in [6.45, 7) is 0.237. The van der Waals surface area contributed by atoms with Gasteiger partial charge in [-0.05, 0) is 18.2 Å². The van der Waals surface area contributed by atoms with E-state index in [2.05, 4.69) is 15.9 Å². The van der Waals surface area contributed by atoms with E-state index < -0.39 is 0 Å². The zero-order valence-electron chi connectivity index (χ0n) is 8.40. The minimum atomic E-state index is -0.192. The summed E-state index contributed by atoms with van der Waals surface area (Å²) in [6.07, 6.45) is 0. The predicted octanol–water partition coefficient (Wildman–Crippen LogP) is 1.10. The molecule has 1 aromatic rings. The lowest BCUT2D eigenvalue weighted by Gasteiger charge is -2.16. The summed E-state index contributed by atoms with van der Waals surface area (Å²) in [7, 11) is 1.62. The first-order valence-electron chi connectivity index (χ1n) is 4.47. The molecule has 0 saturated carbocycles. The van der Waals surface area contributed by atoms with Crippen molar-refractivity contribution < 1.29 is 9.90 Å². The Hall–Kier alpha value is -1.07. The number of nitrogens with two attached hydrogens (primary N) is 1. The molecule has 0 heterocycles. The molecular formula is C10H13BrN2O2. The Morgan fingerprint density at radius 3 is 2.87 bits per heavy atom. The molecule has 0 bridgehead atoms. The molecule has 0 aliphatic carbocycles. The van der Waals surface area contributed by atoms with Crippen LogP contribution < -0.4 is 5.73 Å². The molecule has 1 rings (SSSR count). The monoisotopic (exact) mass is 272 g/mol. The summed E-state index contributed by atoms with van der Waals surface area (Å²) in [5, 5.41) is 8.72. The van der Waals surface area contributed by atoms with Gasteiger partial charge in [-0.3, -0.25) is 4.79 Å². The molecule has 1 amide bonds. The van der Waals surface area contributed by atoms with Gasteiger partial charge in [-0.2, -0.15) is 0 Å². The van der Waals surface area contributed by atoms with Crippen LogP contribution >= 0.6 is 15.9 Å². The largest absolute Gasteiger partial charge is 0.398 e. The number of carbonyl (C=O) groups is 1. The van der Waals surface area contributed by atoms with Gasteiger partial charge in [-0.1, -0.05) is 15.9 Å². The quantitative estimate of drug-likeness (QED) is 0.810. The number of anilines is 1. The predicted molar refractivity (Wildman–Crippen MR) is 62.6 cm³/mol. The molecule has 0 radical (unpaired) electrons. The molecule has 0 aliphatic rings. The SMILES string of the molecule is CN(CCO)C(=O)c1cc(Br)ccc1N. The third-order valence-electron chi connectivity index (χ3n) is 2.03. The van der Waals surface area contributed by atoms with Gasteiger partial charge in [0, 0.05) is 23.8 Å². The van der Waals surface area contributed by atoms with Gasteiger partial charge in [0.15, 0.2) is 0 Å². The summed E-state index contributed by atoms with van der Waals surface area (Å²) < 4.78 is 0.803. The topological polar surface area (TPSA) is 66.6 Å². The Kier molecular flexibility index (Phi) is 4.11. The fraction of sp³-hybridized carbons (Fsp3) is 0.300. The molecule has 82 valence electrons. The molecule has 4 nitrogen and oxygen atoms in total. The first-order valence-corrected chi connectivity index (χ1v) is 5.27. The van der Waals surface area contributed by atoms with E-state index in [0.29, 0.717) is 17.8 Å². The summed E-state index contributed by atoms with van der Waals surface area (Å²) in [4.78, 5) is 13.3. The second kappa shape index (κ2) is 5.14. The van der Waals surface area contributed by atoms with Crippen LogP contribution in [0.5, 0.6) is 0 Å². The van der Waals surface area contributed by atoms with E-state index in [-0.39, 0.29) is 12.5 Å². The first-order chi connectivity index (χ1) is 7.06. The molecule has 0 saturated heterocycles. The van der Waals surface area contributed by atoms with Gasteiger partial charge >= 0.3 is 0 Å². The number of nitrogen functional groups attached to an aromatic ring is 1. The molecule has 0 fully saturated rings. The van der Waals surface area contributed by atoms with Crippen molar-refractivity contribution in [3.8, 4) is 0 Å². The maximum Gasteiger partial charge on any atom is 0.255 e. The van der Waals surface area contributed by atoms with Crippen LogP contribution in [0.25, 0.3) is 0 Å². The fourth-order valence-electron chi connectivity index (χ4n) is 1.17. The Morgan fingerprint density at radius 2 is 2.27 bits per heavy atom. The number of likely N-dealkylation sites (N-methyl/N-ethyl adjacent to an activating group) is 1. The lowest BCUT2D eigenvalue weighted by molar-refractivity contribution is 0.0768. The highest BCUT2D eigenvalue weighted by Gasteiger charge is 2.14. The van der Waals surface area contributed by atoms with E-state index in [9.17, 15) is 4.79 Å². The van der Waals surface area contributed by atoms with Gasteiger partial charge in [0.25, 0.3) is 5.91 Å². The number of aliphatic hydroxyl groups is 1. The van der Waals surface area contributed by atoms with Crippen molar-refractivity contribution >= 4 is 27.5 Å². The molecule has 0 atom stereocenters. The van der Waals surface area contributed by atoms with Crippen molar-refractivity contribution in [1.29, 1.82) is 0 Å². The van der Waals surface area contributed by atoms with Gasteiger partial charge < -0.3 is 15.7 Å². The highest BCUT2D eigenvalue weighted by atomic mass is 79.9. The van der Waals surface area contributed by atoms with Crippen molar-refractivity contribution in [2.24, 2.45) is 0 Å². The number of rotatable bonds is 3. The molecule has 5 heteroatoms. The van der Waals surface area contributed by atoms with Gasteiger partial charge in [0.05, 0.1) is 12.2 Å². The molecule has 3 N–H and O–H groups in total. The van der Waals surface area contributed by atoms with Crippen LogP contribution in [0, 0.1) is 0 Å². The maximum atomic E-state index is 11.8. The number of amides is 1. The van der Waals surface area contributed by atoms with Gasteiger partial charge in [0.2, 0.25) is 0 Å². The van der Waals surface area contributed by atoms with Crippen LogP contribution in [-0.2, 0) is 0 Å². The highest BCUT2D eigenvalue weighted by Crippen LogP contribution is 2.19. The average molecular weight is 273 g/mol. The average Bonchev–Trinajstić information content (AvgIpc) is 2.21. The van der Waals surface area contributed by atoms with Crippen LogP contribution in [0.2, 0.25) is 0 Å². The van der Waals surface area contributed by atoms with Gasteiger partial charge in [-0.15, -0.1) is 0 Å². The van der Waals surface area contributed by atoms with E-state index in [1.807, 2.05) is 0 Å². The molecule has 0 aromatic heterocycles. The lowest BCUT2D eigenvalue weighted by Crippen LogP contribution is -2.30. The fourth-order valence-corrected chi connectivity index (χ4v) is 1.53. The minimum absolute atomic E-state index is 0.0594. The second-order valence-corrected chi connectivity index (χ2v) is 4.10. The molecule has 0 aliphatic heterocycles. The zero-order chi connectivity index (χ0) is 11.4. The Morgan fingerprint density at radius 1 is 1.60 bits per heavy atom. The Labute approximate surface area is 96.8 Å². The molecule has 0 spiro atoms. The first kappa shape index (κ1) is 12.0. The van der Waals surface area contributed by atoms with Crippen LogP contribution in [0.4, 0.5) is 5.69 Å². The zero-order valence-corrected chi connectivity index (χ0v) is 9.99. The van der Waals surface area contributed by atoms with Crippen molar-refractivity contribution in [2.45, 2.75) is 0 Å². The van der Waals surface area contributed by atoms with Gasteiger partial charge in [-0.25, -0.2) is 0 Å². The second-order valence-electron chi connectivity index (χ2n) is 3.18. The number of hydrogen-bond donors (Lipinski definition) is 2. The minimum Gasteiger partial charge on any atom is -0.398 e. The summed E-state index contributed by atoms with van der Waals surface area (Å²) in [5.41, 5.74) is 6.58. The van der Waals surface area contributed by atoms with Crippen LogP contribution in [0.1, 0.15) is 10.4 Å². The molecule has 1 aromatic carbocycles. The van der Waals surface area contributed by atoms with Crippen molar-refractivity contribution in [2.75, 3.05) is 25.9 Å². The third kappa shape index (κ3) is 2.94. The number of benzene rings is 1. The number of halogens is 1. The molecule has 0 unspecified atom stereocenters. The number of aliphatic hydroxyl groups excluding tert-OH is 1. The maximum absolute atomic E-state index is 11.8. The normalized spacial score (nSPS) is 10.1. The molecular weight excluding hydrogens is 260 g/mol. The van der Waals surface area contributed by atoms with E-state index in [0.717, 1.165) is 4.47 Å². The molecule has 15 heavy (non-hydrogen) atoms. The smallest absolute Gasteiger partial charge is 0.255 e. The van der Waals surface area contributed by atoms with Gasteiger partial charge in [0.1, 0.15) is 0 Å². The third-order valence-corrected chi connectivity index (χ3v) is 2.52. The van der Waals surface area contributed by atoms with Crippen molar-refractivity contribution in [3.63, 3.8) is 0 Å². The van der Waals surface area contributed by atoms with Crippen molar-refractivity contribution in [3.05, 3.63) is 28.2 Å². The van der Waals surface area contributed by atoms with E-state index in [1.165, 1.54) is 4.90 Å². The number of carbonyl (C=O) groups excluding carboxylic acids is 1. The number of hydrogen-bond acceptors (Lipinski definition) is 3. The summed E-state index contributed by atoms with van der Waals surface area (Å²) in [5.74, 6) is -0.192. The van der Waals surface area contributed by atoms with E-state index in [4.69, 9.17) is 10.8 Å². The highest BCUT2D eigenvalue weighted by molar-refractivity contribution is 9.10. The van der Waals surface area contributed by atoms with E-state index in [1.54, 1.807) is 25.2 Å². The van der Waals surface area contributed by atoms with E-state index >= 15 is 0 Å². The van der Waals surface area contributed by atoms with Crippen molar-refractivity contribution in [1.82, 2.24) is 4.90 Å². The standard InChI is InChI=1S/C10H13BrN2O2/c1-13(4-5-14)10(15)8-6-7(11)2-3-9(8)12/h2-3,6,14H,4-5,12H2,1H3. The Balaban J connectivity index is 2.95. The van der Waals surface area contributed by atoms with Crippen LogP contribution in [0.3, 0.4) is 0 Å². The Bertz CT molecular complexity index is 368. The summed E-state index contributed by atoms with van der Waals surface area (Å²) >= 11 is 3.28. The lowest BCUT2D eigenvalue weighted by atomic mass is 10.1.